The van der Waals surface area contributed by atoms with E-state index in [-0.39, 0.29) is 11.9 Å². The second-order valence-electron chi connectivity index (χ2n) is 5.68. The smallest absolute Gasteiger partial charge is 0.220 e. The average Bonchev–Trinajstić information content (AvgIpc) is 2.68. The monoisotopic (exact) mass is 278 g/mol. The molecule has 0 saturated carbocycles. The van der Waals surface area contributed by atoms with Crippen LogP contribution >= 0.6 is 0 Å². The van der Waals surface area contributed by atoms with Crippen molar-refractivity contribution in [1.82, 2.24) is 20.1 Å². The highest BCUT2D eigenvalue weighted by atomic mass is 16.1. The summed E-state index contributed by atoms with van der Waals surface area (Å²) in [4.78, 5) is 11.9. The second-order valence-corrected chi connectivity index (χ2v) is 5.68. The molecule has 1 N–H and O–H groups in total. The molecule has 0 spiro atoms. The fraction of sp³-hybridized carbons (Fsp3) is 0.800. The molecule has 5 heteroatoms. The van der Waals surface area contributed by atoms with E-state index in [4.69, 9.17) is 0 Å². The summed E-state index contributed by atoms with van der Waals surface area (Å²) in [5, 5.41) is 11.6. The summed E-state index contributed by atoms with van der Waals surface area (Å²) in [7, 11) is 0. The molecule has 5 nitrogen and oxygen atoms in total. The Balaban J connectivity index is 1.94. The van der Waals surface area contributed by atoms with Crippen LogP contribution in [0.25, 0.3) is 0 Å². The first kappa shape index (κ1) is 15.0. The van der Waals surface area contributed by atoms with Crippen LogP contribution in [0.4, 0.5) is 0 Å². The Labute approximate surface area is 121 Å². The Morgan fingerprint density at radius 2 is 2.15 bits per heavy atom. The first-order valence-corrected chi connectivity index (χ1v) is 7.93. The van der Waals surface area contributed by atoms with Gasteiger partial charge in [0.1, 0.15) is 5.82 Å². The van der Waals surface area contributed by atoms with Crippen molar-refractivity contribution < 1.29 is 4.79 Å². The standard InChI is InChI=1S/C15H26N4O/c1-3-4-6-10-14(20)16-12(2)15-18-17-13-9-7-5-8-11-19(13)15/h12H,3-11H2,1-2H3,(H,16,20)/t12-/m1/s1. The highest BCUT2D eigenvalue weighted by molar-refractivity contribution is 5.76. The third-order valence-corrected chi connectivity index (χ3v) is 3.91. The van der Waals surface area contributed by atoms with E-state index in [1.165, 1.54) is 19.3 Å². The number of unbranched alkanes of at least 4 members (excludes halogenated alkanes) is 2. The molecular formula is C15H26N4O. The molecule has 0 saturated heterocycles. The van der Waals surface area contributed by atoms with Crippen LogP contribution in [-0.2, 0) is 17.8 Å². The lowest BCUT2D eigenvalue weighted by Crippen LogP contribution is -2.28. The number of carbonyl (C=O) groups excluding carboxylic acids is 1. The van der Waals surface area contributed by atoms with Gasteiger partial charge in [0, 0.05) is 19.4 Å². The molecule has 1 amide bonds. The number of hydrogen-bond acceptors (Lipinski definition) is 3. The zero-order valence-corrected chi connectivity index (χ0v) is 12.7. The minimum Gasteiger partial charge on any atom is -0.346 e. The normalized spacial score (nSPS) is 16.3. The van der Waals surface area contributed by atoms with Crippen molar-refractivity contribution in [3.8, 4) is 0 Å². The van der Waals surface area contributed by atoms with Crippen molar-refractivity contribution in [3.05, 3.63) is 11.6 Å². The first-order valence-electron chi connectivity index (χ1n) is 7.93. The van der Waals surface area contributed by atoms with Crippen molar-refractivity contribution in [2.75, 3.05) is 0 Å². The lowest BCUT2D eigenvalue weighted by Gasteiger charge is -2.15. The molecule has 1 atom stereocenters. The van der Waals surface area contributed by atoms with E-state index in [0.29, 0.717) is 6.42 Å². The molecule has 0 radical (unpaired) electrons. The SMILES string of the molecule is CCCCCC(=O)N[C@H](C)c1nnc2n1CCCCC2. The summed E-state index contributed by atoms with van der Waals surface area (Å²) in [6.07, 6.45) is 8.45. The molecule has 2 heterocycles. The van der Waals surface area contributed by atoms with Crippen LogP contribution in [0.2, 0.25) is 0 Å². The van der Waals surface area contributed by atoms with Crippen LogP contribution < -0.4 is 5.32 Å². The summed E-state index contributed by atoms with van der Waals surface area (Å²) in [5.74, 6) is 2.10. The van der Waals surface area contributed by atoms with Gasteiger partial charge >= 0.3 is 0 Å². The van der Waals surface area contributed by atoms with E-state index in [1.54, 1.807) is 0 Å². The average molecular weight is 278 g/mol. The fourth-order valence-corrected chi connectivity index (χ4v) is 2.74. The first-order chi connectivity index (χ1) is 9.72. The topological polar surface area (TPSA) is 59.8 Å². The van der Waals surface area contributed by atoms with Crippen LogP contribution in [0.5, 0.6) is 0 Å². The molecule has 1 aromatic heterocycles. The third-order valence-electron chi connectivity index (χ3n) is 3.91. The minimum absolute atomic E-state index is 0.0523. The number of aromatic nitrogens is 3. The van der Waals surface area contributed by atoms with Gasteiger partial charge in [-0.05, 0) is 26.2 Å². The van der Waals surface area contributed by atoms with Crippen molar-refractivity contribution in [2.45, 2.75) is 77.8 Å². The predicted octanol–water partition coefficient (Wildman–Crippen LogP) is 2.76. The maximum atomic E-state index is 11.9. The highest BCUT2D eigenvalue weighted by Gasteiger charge is 2.20. The molecule has 1 aliphatic heterocycles. The van der Waals surface area contributed by atoms with E-state index >= 15 is 0 Å². The summed E-state index contributed by atoms with van der Waals surface area (Å²) in [5.41, 5.74) is 0. The molecule has 0 aliphatic carbocycles. The number of nitrogens with zero attached hydrogens (tertiary/aromatic N) is 3. The number of amides is 1. The van der Waals surface area contributed by atoms with Gasteiger partial charge in [0.15, 0.2) is 5.82 Å². The number of hydrogen-bond donors (Lipinski definition) is 1. The van der Waals surface area contributed by atoms with Gasteiger partial charge in [0.25, 0.3) is 0 Å². The number of nitrogens with one attached hydrogen (secondary N) is 1. The van der Waals surface area contributed by atoms with Gasteiger partial charge in [-0.25, -0.2) is 0 Å². The van der Waals surface area contributed by atoms with Crippen LogP contribution in [0.1, 0.15) is 76.5 Å². The zero-order chi connectivity index (χ0) is 14.4. The summed E-state index contributed by atoms with van der Waals surface area (Å²) < 4.78 is 2.20. The van der Waals surface area contributed by atoms with Crippen molar-refractivity contribution >= 4 is 5.91 Å². The van der Waals surface area contributed by atoms with Gasteiger partial charge < -0.3 is 9.88 Å². The number of rotatable bonds is 6. The van der Waals surface area contributed by atoms with E-state index in [2.05, 4.69) is 27.0 Å². The Morgan fingerprint density at radius 3 is 2.95 bits per heavy atom. The van der Waals surface area contributed by atoms with Crippen LogP contribution in [0.3, 0.4) is 0 Å². The van der Waals surface area contributed by atoms with E-state index < -0.39 is 0 Å². The highest BCUT2D eigenvalue weighted by Crippen LogP contribution is 2.18. The maximum absolute atomic E-state index is 11.9. The van der Waals surface area contributed by atoms with Gasteiger partial charge in [0.05, 0.1) is 6.04 Å². The maximum Gasteiger partial charge on any atom is 0.220 e. The Hall–Kier alpha value is -1.39. The number of carbonyl (C=O) groups is 1. The quantitative estimate of drug-likeness (QED) is 0.814. The molecule has 1 aromatic rings. The van der Waals surface area contributed by atoms with Crippen molar-refractivity contribution in [2.24, 2.45) is 0 Å². The molecule has 0 aromatic carbocycles. The molecule has 20 heavy (non-hydrogen) atoms. The summed E-state index contributed by atoms with van der Waals surface area (Å²) in [6.45, 7) is 5.12. The Bertz CT molecular complexity index is 441. The van der Waals surface area contributed by atoms with E-state index in [9.17, 15) is 4.79 Å². The van der Waals surface area contributed by atoms with Crippen LogP contribution in [0.15, 0.2) is 0 Å². The van der Waals surface area contributed by atoms with Crippen molar-refractivity contribution in [3.63, 3.8) is 0 Å². The largest absolute Gasteiger partial charge is 0.346 e. The van der Waals surface area contributed by atoms with Crippen molar-refractivity contribution in [1.29, 1.82) is 0 Å². The molecule has 0 fully saturated rings. The molecule has 1 aliphatic rings. The molecule has 0 unspecified atom stereocenters. The van der Waals surface area contributed by atoms with Crippen LogP contribution in [0, 0.1) is 0 Å². The summed E-state index contributed by atoms with van der Waals surface area (Å²) >= 11 is 0. The molecular weight excluding hydrogens is 252 g/mol. The second kappa shape index (κ2) is 7.41. The predicted molar refractivity (Wildman–Crippen MR) is 78.3 cm³/mol. The van der Waals surface area contributed by atoms with Gasteiger partial charge in [-0.15, -0.1) is 10.2 Å². The van der Waals surface area contributed by atoms with E-state index in [0.717, 1.165) is 43.9 Å². The molecule has 2 rings (SSSR count). The van der Waals surface area contributed by atoms with E-state index in [1.807, 2.05) is 6.92 Å². The van der Waals surface area contributed by atoms with Gasteiger partial charge in [-0.1, -0.05) is 26.2 Å². The lowest BCUT2D eigenvalue weighted by atomic mass is 10.2. The Morgan fingerprint density at radius 1 is 1.30 bits per heavy atom. The number of fused-ring (bicyclic) bond motifs is 1. The van der Waals surface area contributed by atoms with Gasteiger partial charge in [-0.2, -0.15) is 0 Å². The van der Waals surface area contributed by atoms with Gasteiger partial charge in [0.2, 0.25) is 5.91 Å². The summed E-state index contributed by atoms with van der Waals surface area (Å²) in [6, 6.07) is -0.0523. The molecule has 112 valence electrons. The zero-order valence-electron chi connectivity index (χ0n) is 12.7. The number of aryl methyl sites for hydroxylation is 1. The minimum atomic E-state index is -0.0523. The Kier molecular flexibility index (Phi) is 5.56. The van der Waals surface area contributed by atoms with Gasteiger partial charge in [-0.3, -0.25) is 4.79 Å². The fourth-order valence-electron chi connectivity index (χ4n) is 2.74. The molecule has 0 bridgehead atoms. The lowest BCUT2D eigenvalue weighted by molar-refractivity contribution is -0.121. The third kappa shape index (κ3) is 3.81. The van der Waals surface area contributed by atoms with Crippen LogP contribution in [-0.4, -0.2) is 20.7 Å².